The molecule has 0 aliphatic rings. The number of aryl methyl sites for hydroxylation is 4. The van der Waals surface area contributed by atoms with Crippen molar-refractivity contribution in [2.75, 3.05) is 9.80 Å². The minimum absolute atomic E-state index is 1.09. The molecule has 2 nitrogen and oxygen atoms in total. The van der Waals surface area contributed by atoms with E-state index in [9.17, 15) is 0 Å². The van der Waals surface area contributed by atoms with Gasteiger partial charge in [0, 0.05) is 46.3 Å². The molecule has 0 bridgehead atoms. The standard InChI is InChI=1S/C56H48N2/c1-41-25-35-55(43(3)37-41)57(39-53(47-17-9-5-10-18-47)48-19-11-6-12-20-48)51-31-27-45(28-32-51)46-29-33-52(34-30-46)58(56-36-26-42(2)38-44(56)4)40-54(49-21-13-7-14-22-49)50-23-15-8-16-24-50/h5-40H,1-4H3. The number of hydrogen-bond donors (Lipinski definition) is 0. The first-order chi connectivity index (χ1) is 28.4. The summed E-state index contributed by atoms with van der Waals surface area (Å²) >= 11 is 0. The van der Waals surface area contributed by atoms with Crippen molar-refractivity contribution in [2.45, 2.75) is 27.7 Å². The Kier molecular flexibility index (Phi) is 11.3. The van der Waals surface area contributed by atoms with Crippen molar-refractivity contribution in [1.82, 2.24) is 0 Å². The topological polar surface area (TPSA) is 6.48 Å². The van der Waals surface area contributed by atoms with Gasteiger partial charge in [-0.05, 0) is 109 Å². The molecule has 0 saturated carbocycles. The molecule has 8 aromatic carbocycles. The van der Waals surface area contributed by atoms with Gasteiger partial charge in [-0.2, -0.15) is 0 Å². The minimum atomic E-state index is 1.09. The molecule has 0 unspecified atom stereocenters. The monoisotopic (exact) mass is 748 g/mol. The van der Waals surface area contributed by atoms with E-state index in [2.05, 4.69) is 256 Å². The molecule has 58 heavy (non-hydrogen) atoms. The van der Waals surface area contributed by atoms with Crippen molar-refractivity contribution in [2.24, 2.45) is 0 Å². The van der Waals surface area contributed by atoms with Gasteiger partial charge in [-0.15, -0.1) is 0 Å². The number of benzene rings is 8. The smallest absolute Gasteiger partial charge is 0.0485 e. The molecule has 0 aliphatic heterocycles. The molecule has 0 spiro atoms. The maximum absolute atomic E-state index is 2.34. The Bertz CT molecular complexity index is 2390. The van der Waals surface area contributed by atoms with E-state index in [-0.39, 0.29) is 0 Å². The lowest BCUT2D eigenvalue weighted by molar-refractivity contribution is 1.23. The van der Waals surface area contributed by atoms with Crippen LogP contribution >= 0.6 is 0 Å². The summed E-state index contributed by atoms with van der Waals surface area (Å²) in [4.78, 5) is 4.67. The fraction of sp³-hybridized carbons (Fsp3) is 0.0714. The van der Waals surface area contributed by atoms with Gasteiger partial charge in [-0.1, -0.05) is 181 Å². The quantitative estimate of drug-likeness (QED) is 0.130. The molecule has 0 atom stereocenters. The Morgan fingerprint density at radius 3 is 0.897 bits per heavy atom. The normalized spacial score (nSPS) is 10.8. The van der Waals surface area contributed by atoms with E-state index in [4.69, 9.17) is 0 Å². The lowest BCUT2D eigenvalue weighted by Gasteiger charge is -2.26. The highest BCUT2D eigenvalue weighted by molar-refractivity contribution is 5.86. The summed E-state index contributed by atoms with van der Waals surface area (Å²) in [5, 5.41) is 0. The maximum atomic E-state index is 2.34. The Morgan fingerprint density at radius 1 is 0.328 bits per heavy atom. The molecule has 2 heteroatoms. The zero-order valence-corrected chi connectivity index (χ0v) is 33.7. The van der Waals surface area contributed by atoms with Crippen LogP contribution in [0.1, 0.15) is 44.5 Å². The second-order valence-corrected chi connectivity index (χ2v) is 15.0. The number of nitrogens with zero attached hydrogens (tertiary/aromatic N) is 2. The predicted octanol–water partition coefficient (Wildman–Crippen LogP) is 15.0. The first-order valence-electron chi connectivity index (χ1n) is 20.0. The van der Waals surface area contributed by atoms with Gasteiger partial charge in [0.15, 0.2) is 0 Å². The fourth-order valence-electron chi connectivity index (χ4n) is 7.71. The van der Waals surface area contributed by atoms with Crippen LogP contribution in [-0.2, 0) is 0 Å². The largest absolute Gasteiger partial charge is 0.316 e. The summed E-state index contributed by atoms with van der Waals surface area (Å²) in [5.74, 6) is 0. The van der Waals surface area contributed by atoms with Gasteiger partial charge in [0.25, 0.3) is 0 Å². The Labute approximate surface area is 344 Å². The zero-order valence-electron chi connectivity index (χ0n) is 33.7. The Morgan fingerprint density at radius 2 is 0.621 bits per heavy atom. The van der Waals surface area contributed by atoms with Crippen molar-refractivity contribution in [3.8, 4) is 11.1 Å². The van der Waals surface area contributed by atoms with Gasteiger partial charge in [0.05, 0.1) is 0 Å². The SMILES string of the molecule is Cc1ccc(N(C=C(c2ccccc2)c2ccccc2)c2ccc(-c3ccc(N(C=C(c4ccccc4)c4ccccc4)c4ccc(C)cc4C)cc3)cc2)c(C)c1. The third-order valence-corrected chi connectivity index (χ3v) is 10.7. The summed E-state index contributed by atoms with van der Waals surface area (Å²) < 4.78 is 0. The first kappa shape index (κ1) is 37.7. The van der Waals surface area contributed by atoms with E-state index in [0.717, 1.165) is 45.0 Å². The van der Waals surface area contributed by atoms with Crippen LogP contribution in [0.15, 0.2) is 219 Å². The lowest BCUT2D eigenvalue weighted by atomic mass is 9.98. The van der Waals surface area contributed by atoms with Gasteiger partial charge in [0.2, 0.25) is 0 Å². The molecule has 0 fully saturated rings. The molecule has 8 rings (SSSR count). The van der Waals surface area contributed by atoms with Gasteiger partial charge in [0.1, 0.15) is 0 Å². The van der Waals surface area contributed by atoms with Crippen molar-refractivity contribution in [3.63, 3.8) is 0 Å². The van der Waals surface area contributed by atoms with Crippen LogP contribution in [0.5, 0.6) is 0 Å². The fourth-order valence-corrected chi connectivity index (χ4v) is 7.71. The van der Waals surface area contributed by atoms with E-state index in [1.54, 1.807) is 0 Å². The van der Waals surface area contributed by atoms with E-state index in [1.807, 2.05) is 0 Å². The third kappa shape index (κ3) is 8.48. The average Bonchev–Trinajstić information content (AvgIpc) is 3.27. The molecule has 282 valence electrons. The van der Waals surface area contributed by atoms with Crippen molar-refractivity contribution in [1.29, 1.82) is 0 Å². The van der Waals surface area contributed by atoms with Crippen LogP contribution in [0.2, 0.25) is 0 Å². The molecular formula is C56H48N2. The van der Waals surface area contributed by atoms with Crippen LogP contribution < -0.4 is 9.80 Å². The van der Waals surface area contributed by atoms with Crippen LogP contribution in [0.4, 0.5) is 22.7 Å². The minimum Gasteiger partial charge on any atom is -0.316 e. The molecule has 8 aromatic rings. The molecule has 0 aromatic heterocycles. The predicted molar refractivity (Wildman–Crippen MR) is 248 cm³/mol. The molecule has 0 amide bonds. The van der Waals surface area contributed by atoms with E-state index >= 15 is 0 Å². The number of hydrogen-bond acceptors (Lipinski definition) is 2. The van der Waals surface area contributed by atoms with Crippen molar-refractivity contribution >= 4 is 33.9 Å². The lowest BCUT2D eigenvalue weighted by Crippen LogP contribution is -2.12. The summed E-state index contributed by atoms with van der Waals surface area (Å²) in [6, 6.07) is 74.0. The zero-order chi connectivity index (χ0) is 39.8. The van der Waals surface area contributed by atoms with Crippen LogP contribution in [-0.4, -0.2) is 0 Å². The van der Waals surface area contributed by atoms with Gasteiger partial charge in [-0.3, -0.25) is 0 Å². The molecule has 0 saturated heterocycles. The molecule has 0 heterocycles. The van der Waals surface area contributed by atoms with Crippen LogP contribution in [0.3, 0.4) is 0 Å². The first-order valence-corrected chi connectivity index (χ1v) is 20.0. The molecule has 0 radical (unpaired) electrons. The Hall–Kier alpha value is -7.16. The Balaban J connectivity index is 1.18. The second-order valence-electron chi connectivity index (χ2n) is 15.0. The van der Waals surface area contributed by atoms with Gasteiger partial charge < -0.3 is 9.80 Å². The van der Waals surface area contributed by atoms with Crippen LogP contribution in [0, 0.1) is 27.7 Å². The highest BCUT2D eigenvalue weighted by Crippen LogP contribution is 2.37. The average molecular weight is 749 g/mol. The van der Waals surface area contributed by atoms with Gasteiger partial charge in [-0.25, -0.2) is 0 Å². The van der Waals surface area contributed by atoms with Crippen molar-refractivity contribution < 1.29 is 0 Å². The third-order valence-electron chi connectivity index (χ3n) is 10.7. The molecule has 0 N–H and O–H groups in total. The maximum Gasteiger partial charge on any atom is 0.0485 e. The van der Waals surface area contributed by atoms with Crippen LogP contribution in [0.25, 0.3) is 22.3 Å². The summed E-state index contributed by atoms with van der Waals surface area (Å²) in [5.41, 5.74) is 18.8. The molecular weight excluding hydrogens is 701 g/mol. The van der Waals surface area contributed by atoms with Gasteiger partial charge >= 0.3 is 0 Å². The highest BCUT2D eigenvalue weighted by Gasteiger charge is 2.17. The van der Waals surface area contributed by atoms with Crippen molar-refractivity contribution in [3.05, 3.63) is 263 Å². The highest BCUT2D eigenvalue weighted by atomic mass is 15.1. The van der Waals surface area contributed by atoms with E-state index in [0.29, 0.717) is 0 Å². The number of anilines is 4. The van der Waals surface area contributed by atoms with E-state index in [1.165, 1.54) is 44.5 Å². The number of rotatable bonds is 11. The summed E-state index contributed by atoms with van der Waals surface area (Å²) in [6.45, 7) is 8.70. The van der Waals surface area contributed by atoms with E-state index < -0.39 is 0 Å². The second kappa shape index (κ2) is 17.3. The molecule has 0 aliphatic carbocycles. The summed E-state index contributed by atoms with van der Waals surface area (Å²) in [7, 11) is 0. The summed E-state index contributed by atoms with van der Waals surface area (Å²) in [6.07, 6.45) is 4.58.